The van der Waals surface area contributed by atoms with Gasteiger partial charge in [-0.2, -0.15) is 0 Å². The Morgan fingerprint density at radius 2 is 1.80 bits per heavy atom. The molecule has 0 fully saturated rings. The zero-order valence-electron chi connectivity index (χ0n) is 12.6. The predicted molar refractivity (Wildman–Crippen MR) is 94.1 cm³/mol. The van der Waals surface area contributed by atoms with E-state index in [9.17, 15) is 0 Å². The SMILES string of the molecule is CCCCN(CCCC)c1nc2c(Br)cc(C)cc2s1. The molecule has 1 aromatic heterocycles. The molecule has 0 bridgehead atoms. The van der Waals surface area contributed by atoms with Crippen LogP contribution in [0.4, 0.5) is 5.13 Å². The van der Waals surface area contributed by atoms with Gasteiger partial charge < -0.3 is 4.90 Å². The lowest BCUT2D eigenvalue weighted by molar-refractivity contribution is 0.677. The number of rotatable bonds is 7. The molecule has 2 aromatic rings. The van der Waals surface area contributed by atoms with Gasteiger partial charge in [-0.05, 0) is 53.4 Å². The summed E-state index contributed by atoms with van der Waals surface area (Å²) in [6, 6.07) is 4.38. The molecule has 0 amide bonds. The quantitative estimate of drug-likeness (QED) is 0.626. The molecule has 0 saturated carbocycles. The number of nitrogens with zero attached hydrogens (tertiary/aromatic N) is 2. The highest BCUT2D eigenvalue weighted by atomic mass is 79.9. The van der Waals surface area contributed by atoms with Crippen molar-refractivity contribution in [2.24, 2.45) is 0 Å². The Labute approximate surface area is 134 Å². The molecule has 0 saturated heterocycles. The van der Waals surface area contributed by atoms with Gasteiger partial charge >= 0.3 is 0 Å². The Balaban J connectivity index is 2.29. The number of benzene rings is 1. The first-order chi connectivity index (χ1) is 9.65. The molecule has 0 N–H and O–H groups in total. The van der Waals surface area contributed by atoms with Crippen molar-refractivity contribution in [3.8, 4) is 0 Å². The van der Waals surface area contributed by atoms with Gasteiger partial charge in [0.05, 0.1) is 10.2 Å². The van der Waals surface area contributed by atoms with Crippen molar-refractivity contribution in [3.05, 3.63) is 22.2 Å². The fourth-order valence-electron chi connectivity index (χ4n) is 2.24. The van der Waals surface area contributed by atoms with E-state index in [0.29, 0.717) is 0 Å². The third kappa shape index (κ3) is 3.73. The number of halogens is 1. The molecule has 1 aromatic carbocycles. The second kappa shape index (κ2) is 7.41. The fourth-order valence-corrected chi connectivity index (χ4v) is 4.18. The maximum absolute atomic E-state index is 4.86. The first-order valence-electron chi connectivity index (χ1n) is 7.47. The number of thiazole rings is 1. The minimum Gasteiger partial charge on any atom is -0.348 e. The molecule has 2 rings (SSSR count). The van der Waals surface area contributed by atoms with Crippen LogP contribution < -0.4 is 4.90 Å². The van der Waals surface area contributed by atoms with Crippen molar-refractivity contribution < 1.29 is 0 Å². The molecule has 0 spiro atoms. The maximum Gasteiger partial charge on any atom is 0.186 e. The minimum absolute atomic E-state index is 1.11. The van der Waals surface area contributed by atoms with Crippen molar-refractivity contribution in [1.29, 1.82) is 0 Å². The van der Waals surface area contributed by atoms with Crippen LogP contribution in [0.1, 0.15) is 45.1 Å². The first kappa shape index (κ1) is 15.8. The molecule has 0 atom stereocenters. The second-order valence-corrected chi connectivity index (χ2v) is 7.15. The van der Waals surface area contributed by atoms with E-state index in [2.05, 4.69) is 53.7 Å². The standard InChI is InChI=1S/C16H23BrN2S/c1-4-6-8-19(9-7-5-2)16-18-15-13(17)10-12(3)11-14(15)20-16/h10-11H,4-9H2,1-3H3. The van der Waals surface area contributed by atoms with Crippen LogP contribution in [0.3, 0.4) is 0 Å². The molecule has 2 nitrogen and oxygen atoms in total. The average molecular weight is 355 g/mol. The lowest BCUT2D eigenvalue weighted by Crippen LogP contribution is -2.25. The molecular weight excluding hydrogens is 332 g/mol. The van der Waals surface area contributed by atoms with Crippen LogP contribution in [-0.2, 0) is 0 Å². The molecule has 0 aliphatic rings. The Bertz CT molecular complexity index is 557. The van der Waals surface area contributed by atoms with Crippen LogP contribution in [0.2, 0.25) is 0 Å². The number of aryl methyl sites for hydroxylation is 1. The Morgan fingerprint density at radius 3 is 2.40 bits per heavy atom. The molecule has 0 aliphatic heterocycles. The summed E-state index contributed by atoms with van der Waals surface area (Å²) in [5, 5.41) is 1.17. The molecule has 4 heteroatoms. The van der Waals surface area contributed by atoms with E-state index < -0.39 is 0 Å². The Morgan fingerprint density at radius 1 is 1.15 bits per heavy atom. The van der Waals surface area contributed by atoms with Crippen LogP contribution in [0.5, 0.6) is 0 Å². The highest BCUT2D eigenvalue weighted by molar-refractivity contribution is 9.10. The van der Waals surface area contributed by atoms with Crippen LogP contribution in [-0.4, -0.2) is 18.1 Å². The van der Waals surface area contributed by atoms with Crippen molar-refractivity contribution >= 4 is 42.6 Å². The number of hydrogen-bond donors (Lipinski definition) is 0. The minimum atomic E-state index is 1.11. The summed E-state index contributed by atoms with van der Waals surface area (Å²) in [6.45, 7) is 8.86. The smallest absolute Gasteiger partial charge is 0.186 e. The zero-order chi connectivity index (χ0) is 14.5. The van der Waals surface area contributed by atoms with Crippen LogP contribution in [0.15, 0.2) is 16.6 Å². The lowest BCUT2D eigenvalue weighted by Gasteiger charge is -2.21. The summed E-state index contributed by atoms with van der Waals surface area (Å²) < 4.78 is 2.39. The van der Waals surface area contributed by atoms with E-state index in [-0.39, 0.29) is 0 Å². The summed E-state index contributed by atoms with van der Waals surface area (Å²) in [5.74, 6) is 0. The van der Waals surface area contributed by atoms with Crippen molar-refractivity contribution in [2.75, 3.05) is 18.0 Å². The van der Waals surface area contributed by atoms with Gasteiger partial charge in [-0.15, -0.1) is 0 Å². The third-order valence-electron chi connectivity index (χ3n) is 3.42. The number of fused-ring (bicyclic) bond motifs is 1. The normalized spacial score (nSPS) is 11.2. The highest BCUT2D eigenvalue weighted by Gasteiger charge is 2.13. The van der Waals surface area contributed by atoms with Gasteiger partial charge in [0, 0.05) is 17.6 Å². The van der Waals surface area contributed by atoms with E-state index in [0.717, 1.165) is 23.1 Å². The van der Waals surface area contributed by atoms with E-state index in [4.69, 9.17) is 4.98 Å². The zero-order valence-corrected chi connectivity index (χ0v) is 15.0. The summed E-state index contributed by atoms with van der Waals surface area (Å²) in [4.78, 5) is 7.31. The molecule has 1 heterocycles. The van der Waals surface area contributed by atoms with Gasteiger partial charge in [0.1, 0.15) is 0 Å². The highest BCUT2D eigenvalue weighted by Crippen LogP contribution is 2.34. The molecule has 110 valence electrons. The maximum atomic E-state index is 4.86. The average Bonchev–Trinajstić information content (AvgIpc) is 2.83. The largest absolute Gasteiger partial charge is 0.348 e. The number of aromatic nitrogens is 1. The predicted octanol–water partition coefficient (Wildman–Crippen LogP) is 5.77. The van der Waals surface area contributed by atoms with Gasteiger partial charge in [-0.3, -0.25) is 0 Å². The summed E-state index contributed by atoms with van der Waals surface area (Å²) >= 11 is 5.46. The lowest BCUT2D eigenvalue weighted by atomic mass is 10.2. The summed E-state index contributed by atoms with van der Waals surface area (Å²) in [5.41, 5.74) is 2.39. The first-order valence-corrected chi connectivity index (χ1v) is 9.08. The van der Waals surface area contributed by atoms with Crippen LogP contribution >= 0.6 is 27.3 Å². The van der Waals surface area contributed by atoms with Gasteiger partial charge in [-0.1, -0.05) is 38.0 Å². The van der Waals surface area contributed by atoms with Crippen LogP contribution in [0, 0.1) is 6.92 Å². The monoisotopic (exact) mass is 354 g/mol. The van der Waals surface area contributed by atoms with E-state index in [1.807, 2.05) is 11.3 Å². The van der Waals surface area contributed by atoms with Gasteiger partial charge in [0.15, 0.2) is 5.13 Å². The number of hydrogen-bond acceptors (Lipinski definition) is 3. The second-order valence-electron chi connectivity index (χ2n) is 5.28. The van der Waals surface area contributed by atoms with E-state index in [1.165, 1.54) is 41.1 Å². The summed E-state index contributed by atoms with van der Waals surface area (Å²) in [7, 11) is 0. The van der Waals surface area contributed by atoms with Gasteiger partial charge in [0.2, 0.25) is 0 Å². The third-order valence-corrected chi connectivity index (χ3v) is 5.08. The Hall–Kier alpha value is -0.610. The number of anilines is 1. The van der Waals surface area contributed by atoms with Crippen molar-refractivity contribution in [1.82, 2.24) is 4.98 Å². The summed E-state index contributed by atoms with van der Waals surface area (Å²) in [6.07, 6.45) is 4.94. The molecule has 20 heavy (non-hydrogen) atoms. The fraction of sp³-hybridized carbons (Fsp3) is 0.562. The Kier molecular flexibility index (Phi) is 5.85. The molecular formula is C16H23BrN2S. The van der Waals surface area contributed by atoms with Crippen molar-refractivity contribution in [2.45, 2.75) is 46.5 Å². The van der Waals surface area contributed by atoms with Crippen molar-refractivity contribution in [3.63, 3.8) is 0 Å². The number of unbranched alkanes of at least 4 members (excludes halogenated alkanes) is 2. The molecule has 0 radical (unpaired) electrons. The molecule has 0 unspecified atom stereocenters. The molecule has 0 aliphatic carbocycles. The van der Waals surface area contributed by atoms with Crippen LogP contribution in [0.25, 0.3) is 10.2 Å². The van der Waals surface area contributed by atoms with Gasteiger partial charge in [-0.25, -0.2) is 4.98 Å². The van der Waals surface area contributed by atoms with Gasteiger partial charge in [0.25, 0.3) is 0 Å². The van der Waals surface area contributed by atoms with E-state index >= 15 is 0 Å². The topological polar surface area (TPSA) is 16.1 Å². The van der Waals surface area contributed by atoms with E-state index in [1.54, 1.807) is 0 Å².